The van der Waals surface area contributed by atoms with Gasteiger partial charge in [0.05, 0.1) is 47.9 Å². The van der Waals surface area contributed by atoms with Crippen LogP contribution in [0.1, 0.15) is 91.5 Å². The first-order chi connectivity index (χ1) is 16.9. The minimum Gasteiger partial charge on any atom is -0.469 e. The normalized spacial score (nSPS) is 31.6. The number of methoxy groups -OCH3 is 1. The van der Waals surface area contributed by atoms with Crippen LogP contribution >= 0.6 is 0 Å². The fourth-order valence-electron chi connectivity index (χ4n) is 6.47. The highest BCUT2D eigenvalue weighted by Gasteiger charge is 2.74. The third-order valence-electron chi connectivity index (χ3n) is 8.67. The molecule has 3 aromatic rings. The molecule has 1 saturated heterocycles. The second kappa shape index (κ2) is 7.29. The highest BCUT2D eigenvalue weighted by Crippen LogP contribution is 2.74. The van der Waals surface area contributed by atoms with E-state index in [0.717, 1.165) is 66.1 Å². The average Bonchev–Trinajstić information content (AvgIpc) is 3.54. The molecule has 0 amide bonds. The number of carbonyl (C=O) groups excluding carboxylic acids is 1. The summed E-state index contributed by atoms with van der Waals surface area (Å²) in [7, 11) is 1.47. The molecule has 8 rings (SSSR count). The summed E-state index contributed by atoms with van der Waals surface area (Å²) in [5.74, 6) is 0.895. The Bertz CT molecular complexity index is 1340. The predicted molar refractivity (Wildman–Crippen MR) is 126 cm³/mol. The molecular weight excluding hydrogens is 444 g/mol. The molecule has 182 valence electrons. The van der Waals surface area contributed by atoms with Crippen molar-refractivity contribution in [1.82, 2.24) is 29.7 Å². The van der Waals surface area contributed by atoms with Gasteiger partial charge in [-0.05, 0) is 58.8 Å². The average molecular weight is 475 g/mol. The van der Waals surface area contributed by atoms with Gasteiger partial charge in [0.1, 0.15) is 11.3 Å². The fraction of sp³-hybridized carbons (Fsp3) is 0.615. The van der Waals surface area contributed by atoms with Crippen LogP contribution in [0.4, 0.5) is 0 Å². The number of hydrogen-bond acceptors (Lipinski definition) is 8. The van der Waals surface area contributed by atoms with E-state index < -0.39 is 0 Å². The van der Waals surface area contributed by atoms with Crippen molar-refractivity contribution >= 4 is 17.1 Å². The Morgan fingerprint density at radius 1 is 1.09 bits per heavy atom. The van der Waals surface area contributed by atoms with Gasteiger partial charge < -0.3 is 9.47 Å². The van der Waals surface area contributed by atoms with E-state index in [9.17, 15) is 4.79 Å². The van der Waals surface area contributed by atoms with Crippen molar-refractivity contribution in [2.45, 2.75) is 82.3 Å². The Kier molecular flexibility index (Phi) is 4.45. The summed E-state index contributed by atoms with van der Waals surface area (Å²) < 4.78 is 13.3. The summed E-state index contributed by atoms with van der Waals surface area (Å²) >= 11 is 0. The van der Waals surface area contributed by atoms with Crippen LogP contribution in [0.2, 0.25) is 0 Å². The summed E-state index contributed by atoms with van der Waals surface area (Å²) in [4.78, 5) is 32.1. The van der Waals surface area contributed by atoms with Crippen LogP contribution in [0.25, 0.3) is 11.2 Å². The molecule has 5 fully saturated rings. The lowest BCUT2D eigenvalue weighted by molar-refractivity contribution is -0.198. The molecule has 5 aliphatic rings. The van der Waals surface area contributed by atoms with Gasteiger partial charge in [-0.15, -0.1) is 0 Å². The van der Waals surface area contributed by atoms with E-state index in [-0.39, 0.29) is 28.8 Å². The zero-order chi connectivity index (χ0) is 23.9. The maximum atomic E-state index is 12.3. The van der Waals surface area contributed by atoms with Gasteiger partial charge in [0.25, 0.3) is 0 Å². The van der Waals surface area contributed by atoms with E-state index in [2.05, 4.69) is 16.0 Å². The Morgan fingerprint density at radius 2 is 1.86 bits per heavy atom. The highest BCUT2D eigenvalue weighted by molar-refractivity contribution is 5.84. The van der Waals surface area contributed by atoms with Gasteiger partial charge >= 0.3 is 5.97 Å². The van der Waals surface area contributed by atoms with E-state index in [1.807, 2.05) is 20.0 Å². The van der Waals surface area contributed by atoms with Crippen molar-refractivity contribution in [3.8, 4) is 0 Å². The number of ether oxygens (including phenoxy) is 2. The molecule has 4 saturated carbocycles. The molecule has 4 aliphatic carbocycles. The third kappa shape index (κ3) is 3.16. The standard InChI is InChI=1S/C26H30N6O3/c1-14-15(2)29-23-20(28-14)21(25-11-26(12-25,13-25)24(33)34-3)30-22(31-23)16-6-7-35-19(8-16)17-9-27-32(10-17)18-4-5-18/h9-10,16,18-19H,4-8,11-13H2,1-3H3/t16-,19+,25?,26?/m0/s1. The van der Waals surface area contributed by atoms with Crippen molar-refractivity contribution in [3.63, 3.8) is 0 Å². The van der Waals surface area contributed by atoms with Crippen LogP contribution in [-0.4, -0.2) is 49.4 Å². The van der Waals surface area contributed by atoms with Crippen LogP contribution in [0.15, 0.2) is 12.4 Å². The second-order valence-electron chi connectivity index (χ2n) is 11.1. The molecule has 9 nitrogen and oxygen atoms in total. The number of nitrogens with zero attached hydrogens (tertiary/aromatic N) is 6. The Hall–Kier alpha value is -2.94. The van der Waals surface area contributed by atoms with Crippen molar-refractivity contribution in [1.29, 1.82) is 0 Å². The molecule has 4 heterocycles. The Labute approximate surface area is 203 Å². The summed E-state index contributed by atoms with van der Waals surface area (Å²) in [5.41, 5.74) is 4.84. The smallest absolute Gasteiger partial charge is 0.311 e. The van der Waals surface area contributed by atoms with Crippen LogP contribution in [0.3, 0.4) is 0 Å². The summed E-state index contributed by atoms with van der Waals surface area (Å²) in [5, 5.41) is 4.56. The minimum absolute atomic E-state index is 0.00706. The van der Waals surface area contributed by atoms with Gasteiger partial charge in [0.2, 0.25) is 0 Å². The SMILES string of the molecule is COC(=O)C12CC(c3nc([C@H]4CCO[C@@H](c5cnn(C6CC6)c5)C4)nc4nc(C)c(C)nc34)(C1)C2. The van der Waals surface area contributed by atoms with Gasteiger partial charge in [-0.2, -0.15) is 5.10 Å². The summed E-state index contributed by atoms with van der Waals surface area (Å²) in [6, 6.07) is 0.557. The molecule has 3 aromatic heterocycles. The monoisotopic (exact) mass is 474 g/mol. The zero-order valence-corrected chi connectivity index (χ0v) is 20.5. The molecule has 35 heavy (non-hydrogen) atoms. The number of esters is 1. The van der Waals surface area contributed by atoms with Crippen LogP contribution in [0, 0.1) is 19.3 Å². The molecule has 0 radical (unpaired) electrons. The second-order valence-corrected chi connectivity index (χ2v) is 11.1. The van der Waals surface area contributed by atoms with Gasteiger partial charge in [-0.25, -0.2) is 19.9 Å². The molecule has 0 unspecified atom stereocenters. The molecule has 0 spiro atoms. The predicted octanol–water partition coefficient (Wildman–Crippen LogP) is 3.80. The van der Waals surface area contributed by atoms with Gasteiger partial charge in [-0.3, -0.25) is 9.48 Å². The topological polar surface area (TPSA) is 105 Å². The van der Waals surface area contributed by atoms with Crippen molar-refractivity contribution < 1.29 is 14.3 Å². The molecule has 9 heteroatoms. The fourth-order valence-corrected chi connectivity index (χ4v) is 6.47. The molecule has 1 aliphatic heterocycles. The molecular formula is C26H30N6O3. The van der Waals surface area contributed by atoms with Crippen molar-refractivity contribution in [2.24, 2.45) is 5.41 Å². The number of hydrogen-bond donors (Lipinski definition) is 0. The first-order valence-electron chi connectivity index (χ1n) is 12.7. The summed E-state index contributed by atoms with van der Waals surface area (Å²) in [6.45, 7) is 4.61. The van der Waals surface area contributed by atoms with E-state index in [0.29, 0.717) is 18.3 Å². The van der Waals surface area contributed by atoms with Crippen LogP contribution in [0.5, 0.6) is 0 Å². The largest absolute Gasteiger partial charge is 0.469 e. The molecule has 0 aromatic carbocycles. The number of fused-ring (bicyclic) bond motifs is 1. The van der Waals surface area contributed by atoms with Gasteiger partial charge in [-0.1, -0.05) is 0 Å². The van der Waals surface area contributed by atoms with Gasteiger partial charge in [0, 0.05) is 29.7 Å². The maximum absolute atomic E-state index is 12.3. The quantitative estimate of drug-likeness (QED) is 0.514. The maximum Gasteiger partial charge on any atom is 0.311 e. The molecule has 2 bridgehead atoms. The lowest BCUT2D eigenvalue weighted by Crippen LogP contribution is -2.68. The van der Waals surface area contributed by atoms with E-state index in [1.54, 1.807) is 0 Å². The lowest BCUT2D eigenvalue weighted by Gasteiger charge is -2.68. The van der Waals surface area contributed by atoms with E-state index in [4.69, 9.17) is 29.4 Å². The van der Waals surface area contributed by atoms with Gasteiger partial charge in [0.15, 0.2) is 5.65 Å². The first kappa shape index (κ1) is 21.4. The number of aromatic nitrogens is 6. The number of carbonyl (C=O) groups is 1. The summed E-state index contributed by atoms with van der Waals surface area (Å²) in [6.07, 6.45) is 10.5. The Morgan fingerprint density at radius 3 is 2.60 bits per heavy atom. The van der Waals surface area contributed by atoms with Crippen molar-refractivity contribution in [3.05, 3.63) is 40.9 Å². The van der Waals surface area contributed by atoms with E-state index in [1.165, 1.54) is 20.0 Å². The van der Waals surface area contributed by atoms with E-state index >= 15 is 0 Å². The zero-order valence-electron chi connectivity index (χ0n) is 20.5. The van der Waals surface area contributed by atoms with Crippen LogP contribution in [-0.2, 0) is 19.7 Å². The van der Waals surface area contributed by atoms with Crippen molar-refractivity contribution in [2.75, 3.05) is 13.7 Å². The van der Waals surface area contributed by atoms with Crippen LogP contribution < -0.4 is 0 Å². The molecule has 2 atom stereocenters. The lowest BCUT2D eigenvalue weighted by atomic mass is 9.34. The molecule has 0 N–H and O–H groups in total. The highest BCUT2D eigenvalue weighted by atomic mass is 16.5. The third-order valence-corrected chi connectivity index (χ3v) is 8.67. The number of aryl methyl sites for hydroxylation is 2. The Balaban J connectivity index is 1.23. The number of rotatable bonds is 5. The first-order valence-corrected chi connectivity index (χ1v) is 12.7. The minimum atomic E-state index is -0.342.